The van der Waals surface area contributed by atoms with E-state index in [2.05, 4.69) is 15.6 Å². The third kappa shape index (κ3) is 3.67. The van der Waals surface area contributed by atoms with Crippen molar-refractivity contribution in [2.24, 2.45) is 5.10 Å². The van der Waals surface area contributed by atoms with E-state index >= 15 is 0 Å². The molecule has 0 radical (unpaired) electrons. The zero-order chi connectivity index (χ0) is 18.8. The maximum Gasteiger partial charge on any atom is 0.351 e. The standard InChI is InChI=1S/C18H14ClN5O2S/c19-13-7-5-12(6-8-13)9-20-21-17(25)10-23-18(26)24-14-3-1-2-4-15(14)27-11-16(24)22-23/h1-9H,10-11H2,(H,21,25)/b20-9+. The molecule has 0 spiro atoms. The van der Waals surface area contributed by atoms with E-state index in [4.69, 9.17) is 11.6 Å². The fourth-order valence-corrected chi connectivity index (χ4v) is 3.78. The Morgan fingerprint density at radius 2 is 2.04 bits per heavy atom. The summed E-state index contributed by atoms with van der Waals surface area (Å²) in [5.74, 6) is 0.773. The second kappa shape index (κ2) is 7.42. The van der Waals surface area contributed by atoms with Crippen LogP contribution < -0.4 is 11.1 Å². The summed E-state index contributed by atoms with van der Waals surface area (Å²) in [6, 6.07) is 14.7. The fourth-order valence-electron chi connectivity index (χ4n) is 2.70. The van der Waals surface area contributed by atoms with Crippen LogP contribution in [0.25, 0.3) is 5.69 Å². The molecule has 27 heavy (non-hydrogen) atoms. The van der Waals surface area contributed by atoms with E-state index in [0.29, 0.717) is 16.6 Å². The van der Waals surface area contributed by atoms with E-state index < -0.39 is 5.91 Å². The van der Waals surface area contributed by atoms with Crippen molar-refractivity contribution in [2.45, 2.75) is 17.2 Å². The molecule has 136 valence electrons. The Balaban J connectivity index is 1.48. The third-order valence-corrected chi connectivity index (χ3v) is 5.25. The van der Waals surface area contributed by atoms with Gasteiger partial charge in [0.05, 0.1) is 17.7 Å². The smallest absolute Gasteiger partial charge is 0.271 e. The quantitative estimate of drug-likeness (QED) is 0.539. The maximum atomic E-state index is 12.7. The highest BCUT2D eigenvalue weighted by molar-refractivity contribution is 7.98. The molecular formula is C18H14ClN5O2S. The number of hydrazone groups is 1. The predicted molar refractivity (Wildman–Crippen MR) is 105 cm³/mol. The molecule has 9 heteroatoms. The van der Waals surface area contributed by atoms with E-state index in [-0.39, 0.29) is 12.2 Å². The average molecular weight is 400 g/mol. The molecule has 0 bridgehead atoms. The van der Waals surface area contributed by atoms with Crippen LogP contribution in [0.5, 0.6) is 0 Å². The lowest BCUT2D eigenvalue weighted by molar-refractivity contribution is -0.121. The summed E-state index contributed by atoms with van der Waals surface area (Å²) in [6.45, 7) is -0.205. The van der Waals surface area contributed by atoms with Gasteiger partial charge in [0.1, 0.15) is 12.4 Å². The number of amides is 1. The van der Waals surface area contributed by atoms with Gasteiger partial charge in [0.25, 0.3) is 5.91 Å². The van der Waals surface area contributed by atoms with E-state index in [1.807, 2.05) is 24.3 Å². The summed E-state index contributed by atoms with van der Waals surface area (Å²) in [7, 11) is 0. The first-order chi connectivity index (χ1) is 13.1. The number of rotatable bonds is 4. The second-order valence-corrected chi connectivity index (χ2v) is 7.25. The van der Waals surface area contributed by atoms with Gasteiger partial charge in [-0.3, -0.25) is 4.79 Å². The largest absolute Gasteiger partial charge is 0.351 e. The Hall–Kier alpha value is -2.84. The summed E-state index contributed by atoms with van der Waals surface area (Å²) in [6.07, 6.45) is 1.50. The summed E-state index contributed by atoms with van der Waals surface area (Å²) >= 11 is 7.43. The first-order valence-electron chi connectivity index (χ1n) is 8.10. The Labute approximate surface area is 163 Å². The molecule has 2 aromatic carbocycles. The number of halogens is 1. The van der Waals surface area contributed by atoms with Crippen LogP contribution in [-0.2, 0) is 17.1 Å². The molecule has 0 aliphatic carbocycles. The summed E-state index contributed by atoms with van der Waals surface area (Å²) in [4.78, 5) is 25.8. The molecule has 1 N–H and O–H groups in total. The first-order valence-corrected chi connectivity index (χ1v) is 9.46. The van der Waals surface area contributed by atoms with E-state index in [9.17, 15) is 9.59 Å². The molecule has 2 heterocycles. The van der Waals surface area contributed by atoms with Crippen LogP contribution >= 0.6 is 23.4 Å². The number of thioether (sulfide) groups is 1. The number of carbonyl (C=O) groups is 1. The van der Waals surface area contributed by atoms with Gasteiger partial charge in [-0.1, -0.05) is 35.9 Å². The molecule has 0 saturated carbocycles. The van der Waals surface area contributed by atoms with Gasteiger partial charge in [-0.2, -0.15) is 10.2 Å². The highest BCUT2D eigenvalue weighted by Gasteiger charge is 2.22. The molecule has 4 rings (SSSR count). The highest BCUT2D eigenvalue weighted by atomic mass is 35.5. The molecular weight excluding hydrogens is 386 g/mol. The monoisotopic (exact) mass is 399 g/mol. The fraction of sp³-hybridized carbons (Fsp3) is 0.111. The minimum Gasteiger partial charge on any atom is -0.271 e. The van der Waals surface area contributed by atoms with Gasteiger partial charge in [0, 0.05) is 9.92 Å². The van der Waals surface area contributed by atoms with Crippen molar-refractivity contribution in [3.8, 4) is 5.69 Å². The number of nitrogens with one attached hydrogen (secondary N) is 1. The van der Waals surface area contributed by atoms with Crippen LogP contribution in [0.15, 0.2) is 63.3 Å². The van der Waals surface area contributed by atoms with Crippen molar-refractivity contribution in [1.82, 2.24) is 19.8 Å². The Morgan fingerprint density at radius 3 is 2.85 bits per heavy atom. The van der Waals surface area contributed by atoms with Crippen molar-refractivity contribution < 1.29 is 4.79 Å². The molecule has 7 nitrogen and oxygen atoms in total. The number of hydrogen-bond donors (Lipinski definition) is 1. The van der Waals surface area contributed by atoms with Gasteiger partial charge >= 0.3 is 5.69 Å². The van der Waals surface area contributed by atoms with Gasteiger partial charge in [0.2, 0.25) is 0 Å². The minimum atomic E-state index is -0.432. The summed E-state index contributed by atoms with van der Waals surface area (Å²) in [5, 5.41) is 8.80. The molecule has 1 aliphatic heterocycles. The number of carbonyl (C=O) groups excluding carboxylic acids is 1. The predicted octanol–water partition coefficient (Wildman–Crippen LogP) is 2.44. The Morgan fingerprint density at radius 1 is 1.26 bits per heavy atom. The number of aromatic nitrogens is 3. The number of nitrogens with zero attached hydrogens (tertiary/aromatic N) is 4. The van der Waals surface area contributed by atoms with Crippen LogP contribution in [0.1, 0.15) is 11.4 Å². The highest BCUT2D eigenvalue weighted by Crippen LogP contribution is 2.32. The van der Waals surface area contributed by atoms with Crippen molar-refractivity contribution in [1.29, 1.82) is 0 Å². The van der Waals surface area contributed by atoms with Gasteiger partial charge in [-0.25, -0.2) is 19.5 Å². The molecule has 3 aromatic rings. The maximum absolute atomic E-state index is 12.7. The normalized spacial score (nSPS) is 12.6. The topological polar surface area (TPSA) is 81.3 Å². The number of para-hydroxylation sites is 1. The van der Waals surface area contributed by atoms with Crippen LogP contribution in [0, 0.1) is 0 Å². The zero-order valence-corrected chi connectivity index (χ0v) is 15.6. The first kappa shape index (κ1) is 17.6. The van der Waals surface area contributed by atoms with Gasteiger partial charge in [-0.15, -0.1) is 11.8 Å². The average Bonchev–Trinajstić information content (AvgIpc) is 2.99. The lowest BCUT2D eigenvalue weighted by Crippen LogP contribution is -2.31. The molecule has 1 aromatic heterocycles. The summed E-state index contributed by atoms with van der Waals surface area (Å²) < 4.78 is 2.71. The van der Waals surface area contributed by atoms with Crippen LogP contribution in [0.3, 0.4) is 0 Å². The summed E-state index contributed by atoms with van der Waals surface area (Å²) in [5.41, 5.74) is 3.65. The minimum absolute atomic E-state index is 0.205. The zero-order valence-electron chi connectivity index (χ0n) is 14.0. The SMILES string of the molecule is O=C(Cn1nc2n(c1=O)-c1ccccc1SC2)N/N=C/c1ccc(Cl)cc1. The second-order valence-electron chi connectivity index (χ2n) is 5.79. The molecule has 0 unspecified atom stereocenters. The van der Waals surface area contributed by atoms with E-state index in [0.717, 1.165) is 20.8 Å². The molecule has 0 fully saturated rings. The molecule has 0 atom stereocenters. The van der Waals surface area contributed by atoms with Crippen LogP contribution in [-0.4, -0.2) is 26.5 Å². The number of fused-ring (bicyclic) bond motifs is 3. The van der Waals surface area contributed by atoms with Crippen molar-refractivity contribution in [3.63, 3.8) is 0 Å². The van der Waals surface area contributed by atoms with Crippen LogP contribution in [0.4, 0.5) is 0 Å². The van der Waals surface area contributed by atoms with E-state index in [1.165, 1.54) is 6.21 Å². The Kier molecular flexibility index (Phi) is 4.83. The van der Waals surface area contributed by atoms with Crippen molar-refractivity contribution in [2.75, 3.05) is 0 Å². The Bertz CT molecular complexity index is 1090. The lowest BCUT2D eigenvalue weighted by Gasteiger charge is -2.15. The van der Waals surface area contributed by atoms with Gasteiger partial charge in [0.15, 0.2) is 0 Å². The third-order valence-electron chi connectivity index (χ3n) is 3.94. The van der Waals surface area contributed by atoms with Crippen molar-refractivity contribution >= 4 is 35.5 Å². The van der Waals surface area contributed by atoms with E-state index in [1.54, 1.807) is 40.6 Å². The molecule has 1 amide bonds. The van der Waals surface area contributed by atoms with Crippen molar-refractivity contribution in [3.05, 3.63) is 75.4 Å². The number of benzene rings is 2. The van der Waals surface area contributed by atoms with Gasteiger partial charge in [-0.05, 0) is 29.8 Å². The number of hydrogen-bond acceptors (Lipinski definition) is 5. The molecule has 1 aliphatic rings. The molecule has 0 saturated heterocycles. The lowest BCUT2D eigenvalue weighted by atomic mass is 10.2. The van der Waals surface area contributed by atoms with Gasteiger partial charge < -0.3 is 0 Å². The van der Waals surface area contributed by atoms with Crippen LogP contribution in [0.2, 0.25) is 5.02 Å².